The number of nitrogens with two attached hydrogens (primary N) is 1. The maximum absolute atomic E-state index is 5.99. The van der Waals surface area contributed by atoms with Crippen LogP contribution in [0.1, 0.15) is 37.9 Å². The van der Waals surface area contributed by atoms with Gasteiger partial charge in [0.25, 0.3) is 0 Å². The number of rotatable bonds is 5. The summed E-state index contributed by atoms with van der Waals surface area (Å²) in [5, 5.41) is 0. The van der Waals surface area contributed by atoms with Crippen LogP contribution in [0.4, 0.5) is 0 Å². The van der Waals surface area contributed by atoms with E-state index in [1.54, 1.807) is 0 Å². The van der Waals surface area contributed by atoms with Crippen molar-refractivity contribution in [2.24, 2.45) is 5.73 Å². The Labute approximate surface area is 145 Å². The van der Waals surface area contributed by atoms with E-state index in [1.807, 2.05) is 54.6 Å². The fourth-order valence-corrected chi connectivity index (χ4v) is 2.56. The smallest absolute Gasteiger partial charge is 0.120 e. The molecule has 3 rings (SSSR count). The minimum absolute atomic E-state index is 0.113. The van der Waals surface area contributed by atoms with Crippen LogP contribution < -0.4 is 5.73 Å². The molecule has 2 aromatic carbocycles. The molecule has 0 spiro atoms. The predicted octanol–water partition coefficient (Wildman–Crippen LogP) is 5.40. The summed E-state index contributed by atoms with van der Waals surface area (Å²) in [6.07, 6.45) is 7.42. The summed E-state index contributed by atoms with van der Waals surface area (Å²) >= 11 is 0. The predicted molar refractivity (Wildman–Crippen MR) is 101 cm³/mol. The number of hydrogen-bond acceptors (Lipinski definition) is 2. The lowest BCUT2D eigenvalue weighted by Crippen LogP contribution is -2.05. The van der Waals surface area contributed by atoms with Gasteiger partial charge in [-0.15, -0.1) is 0 Å². The lowest BCUT2D eigenvalue weighted by atomic mass is 10.0. The third kappa shape index (κ3) is 6.43. The van der Waals surface area contributed by atoms with E-state index in [-0.39, 0.29) is 6.10 Å². The van der Waals surface area contributed by atoms with Crippen molar-refractivity contribution >= 4 is 0 Å². The van der Waals surface area contributed by atoms with E-state index in [4.69, 9.17) is 10.5 Å². The number of ether oxygens (including phenoxy) is 1. The van der Waals surface area contributed by atoms with E-state index >= 15 is 0 Å². The third-order valence-electron chi connectivity index (χ3n) is 3.93. The van der Waals surface area contributed by atoms with Crippen molar-refractivity contribution in [1.82, 2.24) is 0 Å². The average molecular weight is 321 g/mol. The zero-order valence-electron chi connectivity index (χ0n) is 14.4. The SMILES string of the molecule is CC(OC1=CC=C(CCN)CC1)c1ccccc1.c1ccccc1. The van der Waals surface area contributed by atoms with Crippen molar-refractivity contribution in [3.8, 4) is 0 Å². The van der Waals surface area contributed by atoms with Crippen molar-refractivity contribution in [3.63, 3.8) is 0 Å². The van der Waals surface area contributed by atoms with Crippen LogP contribution in [0.3, 0.4) is 0 Å². The largest absolute Gasteiger partial charge is 0.490 e. The van der Waals surface area contributed by atoms with Gasteiger partial charge in [-0.3, -0.25) is 0 Å². The first-order chi connectivity index (χ1) is 11.8. The minimum atomic E-state index is 0.113. The van der Waals surface area contributed by atoms with Gasteiger partial charge in [0.05, 0.1) is 5.76 Å². The molecule has 0 fully saturated rings. The van der Waals surface area contributed by atoms with E-state index in [2.05, 4.69) is 31.2 Å². The molecule has 0 aliphatic heterocycles. The molecular weight excluding hydrogens is 294 g/mol. The Hall–Kier alpha value is -2.32. The number of benzene rings is 2. The van der Waals surface area contributed by atoms with Gasteiger partial charge in [0, 0.05) is 6.42 Å². The van der Waals surface area contributed by atoms with Crippen LogP contribution in [0.2, 0.25) is 0 Å². The van der Waals surface area contributed by atoms with Crippen LogP contribution in [0.5, 0.6) is 0 Å². The first kappa shape index (κ1) is 18.0. The van der Waals surface area contributed by atoms with Crippen molar-refractivity contribution in [1.29, 1.82) is 0 Å². The van der Waals surface area contributed by atoms with E-state index < -0.39 is 0 Å². The Morgan fingerprint density at radius 2 is 1.46 bits per heavy atom. The molecule has 2 heteroatoms. The molecule has 0 radical (unpaired) electrons. The second-order valence-electron chi connectivity index (χ2n) is 5.82. The maximum Gasteiger partial charge on any atom is 0.120 e. The van der Waals surface area contributed by atoms with Crippen molar-refractivity contribution < 1.29 is 4.74 Å². The van der Waals surface area contributed by atoms with Crippen LogP contribution >= 0.6 is 0 Å². The van der Waals surface area contributed by atoms with Gasteiger partial charge in [-0.25, -0.2) is 0 Å². The zero-order chi connectivity index (χ0) is 17.0. The highest BCUT2D eigenvalue weighted by atomic mass is 16.5. The molecular formula is C22H27NO. The molecule has 0 aromatic heterocycles. The Kier molecular flexibility index (Phi) is 7.85. The zero-order valence-corrected chi connectivity index (χ0v) is 14.4. The molecule has 0 saturated heterocycles. The fourth-order valence-electron chi connectivity index (χ4n) is 2.56. The summed E-state index contributed by atoms with van der Waals surface area (Å²) in [4.78, 5) is 0. The van der Waals surface area contributed by atoms with Crippen LogP contribution in [0.25, 0.3) is 0 Å². The quantitative estimate of drug-likeness (QED) is 0.800. The normalized spacial score (nSPS) is 14.6. The highest BCUT2D eigenvalue weighted by molar-refractivity contribution is 5.22. The first-order valence-corrected chi connectivity index (χ1v) is 8.60. The van der Waals surface area contributed by atoms with Crippen LogP contribution in [0.15, 0.2) is 90.2 Å². The molecule has 24 heavy (non-hydrogen) atoms. The molecule has 1 unspecified atom stereocenters. The van der Waals surface area contributed by atoms with Gasteiger partial charge in [-0.1, -0.05) is 78.4 Å². The second-order valence-corrected chi connectivity index (χ2v) is 5.82. The molecule has 0 heterocycles. The number of hydrogen-bond donors (Lipinski definition) is 1. The summed E-state index contributed by atoms with van der Waals surface area (Å²) in [5.74, 6) is 1.08. The lowest BCUT2D eigenvalue weighted by molar-refractivity contribution is 0.125. The summed E-state index contributed by atoms with van der Waals surface area (Å²) in [7, 11) is 0. The molecule has 1 aliphatic carbocycles. The van der Waals surface area contributed by atoms with E-state index in [1.165, 1.54) is 11.1 Å². The van der Waals surface area contributed by atoms with E-state index in [9.17, 15) is 0 Å². The Morgan fingerprint density at radius 1 is 0.875 bits per heavy atom. The molecule has 2 N–H and O–H groups in total. The third-order valence-corrected chi connectivity index (χ3v) is 3.93. The standard InChI is InChI=1S/C16H21NO.C6H6/c1-13(15-5-3-2-4-6-15)18-16-9-7-14(8-10-16)11-12-17;1-2-4-6-5-3-1/h2-7,9,13H,8,10-12,17H2,1H3;1-6H. The molecule has 1 aliphatic rings. The van der Waals surface area contributed by atoms with E-state index in [0.29, 0.717) is 0 Å². The summed E-state index contributed by atoms with van der Waals surface area (Å²) in [5.41, 5.74) is 8.20. The second kappa shape index (κ2) is 10.5. The first-order valence-electron chi connectivity index (χ1n) is 8.60. The molecule has 0 amide bonds. The van der Waals surface area contributed by atoms with E-state index in [0.717, 1.165) is 31.6 Å². The summed E-state index contributed by atoms with van der Waals surface area (Å²) < 4.78 is 5.99. The molecule has 0 bridgehead atoms. The Balaban J connectivity index is 0.000000292. The van der Waals surface area contributed by atoms with Gasteiger partial charge in [-0.2, -0.15) is 0 Å². The van der Waals surface area contributed by atoms with Gasteiger partial charge in [-0.05, 0) is 37.9 Å². The van der Waals surface area contributed by atoms with Crippen LogP contribution in [-0.2, 0) is 4.74 Å². The van der Waals surface area contributed by atoms with Crippen molar-refractivity contribution in [3.05, 3.63) is 95.8 Å². The topological polar surface area (TPSA) is 35.2 Å². The number of allylic oxidation sites excluding steroid dienone is 3. The fraction of sp³-hybridized carbons (Fsp3) is 0.273. The van der Waals surface area contributed by atoms with Gasteiger partial charge < -0.3 is 10.5 Å². The lowest BCUT2D eigenvalue weighted by Gasteiger charge is -2.20. The highest BCUT2D eigenvalue weighted by Crippen LogP contribution is 2.26. The Morgan fingerprint density at radius 3 is 1.96 bits per heavy atom. The van der Waals surface area contributed by atoms with Gasteiger partial charge in [0.1, 0.15) is 6.10 Å². The van der Waals surface area contributed by atoms with Crippen LogP contribution in [-0.4, -0.2) is 6.54 Å². The summed E-state index contributed by atoms with van der Waals surface area (Å²) in [6, 6.07) is 22.3. The summed E-state index contributed by atoms with van der Waals surface area (Å²) in [6.45, 7) is 2.82. The molecule has 1 atom stereocenters. The Bertz CT molecular complexity index is 605. The maximum atomic E-state index is 5.99. The van der Waals surface area contributed by atoms with Crippen molar-refractivity contribution in [2.75, 3.05) is 6.54 Å². The molecule has 0 saturated carbocycles. The highest BCUT2D eigenvalue weighted by Gasteiger charge is 2.11. The average Bonchev–Trinajstić information content (AvgIpc) is 2.66. The molecule has 2 nitrogen and oxygen atoms in total. The monoisotopic (exact) mass is 321 g/mol. The van der Waals surface area contributed by atoms with Crippen LogP contribution in [0, 0.1) is 0 Å². The molecule has 126 valence electrons. The molecule has 2 aromatic rings. The van der Waals surface area contributed by atoms with Gasteiger partial charge in [0.15, 0.2) is 0 Å². The van der Waals surface area contributed by atoms with Gasteiger partial charge in [0.2, 0.25) is 0 Å². The van der Waals surface area contributed by atoms with Gasteiger partial charge >= 0.3 is 0 Å². The minimum Gasteiger partial charge on any atom is -0.490 e. The van der Waals surface area contributed by atoms with Crippen molar-refractivity contribution in [2.45, 2.75) is 32.3 Å².